The van der Waals surface area contributed by atoms with Crippen LogP contribution in [0.3, 0.4) is 0 Å². The van der Waals surface area contributed by atoms with E-state index in [9.17, 15) is 4.79 Å². The van der Waals surface area contributed by atoms with Crippen molar-refractivity contribution in [2.45, 2.75) is 19.1 Å². The van der Waals surface area contributed by atoms with Gasteiger partial charge in [0.05, 0.1) is 19.0 Å². The molecule has 0 saturated heterocycles. The molecule has 1 rings (SSSR count). The zero-order valence-corrected chi connectivity index (χ0v) is 6.84. The molecule has 0 saturated carbocycles. The number of aliphatic carboxylic acids is 1. The summed E-state index contributed by atoms with van der Waals surface area (Å²) < 4.78 is 0. The Morgan fingerprint density at radius 1 is 1.75 bits per heavy atom. The van der Waals surface area contributed by atoms with E-state index in [0.717, 1.165) is 0 Å². The van der Waals surface area contributed by atoms with Crippen LogP contribution in [0.1, 0.15) is 6.92 Å². The molecule has 68 valence electrons. The van der Waals surface area contributed by atoms with E-state index in [1.165, 1.54) is 18.2 Å². The first kappa shape index (κ1) is 8.99. The molecule has 1 heterocycles. The van der Waals surface area contributed by atoms with Crippen LogP contribution in [0.15, 0.2) is 4.99 Å². The second-order valence-electron chi connectivity index (χ2n) is 2.78. The SMILES string of the molecule is CC(O)C(C(=O)O)N1C=NCC1. The number of aliphatic imine (C=N–C) groups is 1. The van der Waals surface area contributed by atoms with Crippen molar-refractivity contribution in [3.8, 4) is 0 Å². The molecule has 5 nitrogen and oxygen atoms in total. The molecule has 12 heavy (non-hydrogen) atoms. The largest absolute Gasteiger partial charge is 0.480 e. The summed E-state index contributed by atoms with van der Waals surface area (Å²) in [5.74, 6) is -1.02. The minimum Gasteiger partial charge on any atom is -0.480 e. The van der Waals surface area contributed by atoms with Gasteiger partial charge in [-0.15, -0.1) is 0 Å². The van der Waals surface area contributed by atoms with Gasteiger partial charge in [-0.2, -0.15) is 0 Å². The van der Waals surface area contributed by atoms with Crippen LogP contribution in [0.4, 0.5) is 0 Å². The Balaban J connectivity index is 2.65. The second-order valence-corrected chi connectivity index (χ2v) is 2.78. The van der Waals surface area contributed by atoms with Crippen LogP contribution < -0.4 is 0 Å². The lowest BCUT2D eigenvalue weighted by Crippen LogP contribution is -2.46. The number of aliphatic hydroxyl groups excluding tert-OH is 1. The van der Waals surface area contributed by atoms with Crippen LogP contribution in [-0.4, -0.2) is 52.7 Å². The average molecular weight is 172 g/mol. The monoisotopic (exact) mass is 172 g/mol. The van der Waals surface area contributed by atoms with Gasteiger partial charge >= 0.3 is 5.97 Å². The maximum absolute atomic E-state index is 10.7. The van der Waals surface area contributed by atoms with E-state index in [2.05, 4.69) is 4.99 Å². The third kappa shape index (κ3) is 1.73. The van der Waals surface area contributed by atoms with E-state index in [4.69, 9.17) is 10.2 Å². The molecule has 0 aromatic rings. The molecule has 0 spiro atoms. The summed E-state index contributed by atoms with van der Waals surface area (Å²) in [5.41, 5.74) is 0. The highest BCUT2D eigenvalue weighted by atomic mass is 16.4. The lowest BCUT2D eigenvalue weighted by atomic mass is 10.1. The van der Waals surface area contributed by atoms with Crippen molar-refractivity contribution in [2.75, 3.05) is 13.1 Å². The Morgan fingerprint density at radius 2 is 2.42 bits per heavy atom. The Kier molecular flexibility index (Phi) is 2.65. The fourth-order valence-electron chi connectivity index (χ4n) is 1.23. The van der Waals surface area contributed by atoms with Crippen molar-refractivity contribution in [2.24, 2.45) is 4.99 Å². The minimum atomic E-state index is -1.02. The molecule has 0 radical (unpaired) electrons. The lowest BCUT2D eigenvalue weighted by molar-refractivity contribution is -0.144. The van der Waals surface area contributed by atoms with E-state index in [-0.39, 0.29) is 0 Å². The van der Waals surface area contributed by atoms with E-state index in [0.29, 0.717) is 13.1 Å². The molecule has 2 atom stereocenters. The van der Waals surface area contributed by atoms with Crippen LogP contribution in [-0.2, 0) is 4.79 Å². The summed E-state index contributed by atoms with van der Waals surface area (Å²) in [5, 5.41) is 17.9. The Bertz CT molecular complexity index is 203. The van der Waals surface area contributed by atoms with Crippen LogP contribution in [0.5, 0.6) is 0 Å². The molecule has 0 bridgehead atoms. The number of nitrogens with zero attached hydrogens (tertiary/aromatic N) is 2. The van der Waals surface area contributed by atoms with Gasteiger partial charge in [-0.1, -0.05) is 0 Å². The van der Waals surface area contributed by atoms with Gasteiger partial charge in [0.1, 0.15) is 0 Å². The summed E-state index contributed by atoms with van der Waals surface area (Å²) in [7, 11) is 0. The molecule has 2 unspecified atom stereocenters. The van der Waals surface area contributed by atoms with Crippen LogP contribution >= 0.6 is 0 Å². The predicted molar refractivity (Wildman–Crippen MR) is 43.2 cm³/mol. The van der Waals surface area contributed by atoms with Gasteiger partial charge in [-0.25, -0.2) is 4.79 Å². The summed E-state index contributed by atoms with van der Waals surface area (Å²) in [6.07, 6.45) is 0.595. The molecule has 0 aromatic carbocycles. The van der Waals surface area contributed by atoms with Gasteiger partial charge in [0.2, 0.25) is 0 Å². The first-order valence-corrected chi connectivity index (χ1v) is 3.79. The summed E-state index contributed by atoms with van der Waals surface area (Å²) >= 11 is 0. The number of carboxylic acid groups (broad SMARTS) is 1. The van der Waals surface area contributed by atoms with Crippen LogP contribution in [0, 0.1) is 0 Å². The predicted octanol–water partition coefficient (Wildman–Crippen LogP) is -0.836. The maximum atomic E-state index is 10.7. The molecule has 0 aliphatic carbocycles. The minimum absolute atomic E-state index is 0.571. The van der Waals surface area contributed by atoms with Crippen molar-refractivity contribution in [1.82, 2.24) is 4.90 Å². The average Bonchev–Trinajstić information content (AvgIpc) is 2.37. The molecule has 0 fully saturated rings. The summed E-state index contributed by atoms with van der Waals surface area (Å²) in [4.78, 5) is 16.1. The van der Waals surface area contributed by atoms with Gasteiger partial charge in [0.15, 0.2) is 6.04 Å². The Morgan fingerprint density at radius 3 is 2.75 bits per heavy atom. The maximum Gasteiger partial charge on any atom is 0.329 e. The number of hydrogen-bond acceptors (Lipinski definition) is 4. The van der Waals surface area contributed by atoms with E-state index in [1.807, 2.05) is 0 Å². The number of rotatable bonds is 3. The van der Waals surface area contributed by atoms with Crippen molar-refractivity contribution in [1.29, 1.82) is 0 Å². The molecule has 5 heteroatoms. The van der Waals surface area contributed by atoms with Gasteiger partial charge in [0.25, 0.3) is 0 Å². The first-order chi connectivity index (χ1) is 5.63. The van der Waals surface area contributed by atoms with Crippen LogP contribution in [0.25, 0.3) is 0 Å². The zero-order chi connectivity index (χ0) is 9.14. The van der Waals surface area contributed by atoms with Gasteiger partial charge in [-0.05, 0) is 6.92 Å². The van der Waals surface area contributed by atoms with Crippen molar-refractivity contribution in [3.05, 3.63) is 0 Å². The topological polar surface area (TPSA) is 73.1 Å². The standard InChI is InChI=1S/C7H12N2O3/c1-5(10)6(7(11)12)9-3-2-8-4-9/h4-6,10H,2-3H2,1H3,(H,11,12). The van der Waals surface area contributed by atoms with Gasteiger partial charge in [0, 0.05) is 6.54 Å². The number of carboxylic acids is 1. The van der Waals surface area contributed by atoms with Crippen molar-refractivity contribution >= 4 is 12.3 Å². The molecular weight excluding hydrogens is 160 g/mol. The molecule has 0 amide bonds. The van der Waals surface area contributed by atoms with E-state index < -0.39 is 18.1 Å². The number of carbonyl (C=O) groups is 1. The van der Waals surface area contributed by atoms with Crippen molar-refractivity contribution < 1.29 is 15.0 Å². The van der Waals surface area contributed by atoms with Crippen molar-refractivity contribution in [3.63, 3.8) is 0 Å². The summed E-state index contributed by atoms with van der Waals surface area (Å²) in [6, 6.07) is -0.865. The second kappa shape index (κ2) is 3.53. The third-order valence-corrected chi connectivity index (χ3v) is 1.78. The van der Waals surface area contributed by atoms with E-state index in [1.54, 1.807) is 0 Å². The highest BCUT2D eigenvalue weighted by Crippen LogP contribution is 2.06. The molecule has 1 aliphatic heterocycles. The summed E-state index contributed by atoms with van der Waals surface area (Å²) in [6.45, 7) is 2.64. The van der Waals surface area contributed by atoms with Crippen LogP contribution in [0.2, 0.25) is 0 Å². The van der Waals surface area contributed by atoms with Gasteiger partial charge < -0.3 is 15.1 Å². The van der Waals surface area contributed by atoms with Gasteiger partial charge in [-0.3, -0.25) is 4.99 Å². The normalized spacial score (nSPS) is 21.0. The zero-order valence-electron chi connectivity index (χ0n) is 6.84. The lowest BCUT2D eigenvalue weighted by Gasteiger charge is -2.24. The highest BCUT2D eigenvalue weighted by Gasteiger charge is 2.29. The fourth-order valence-corrected chi connectivity index (χ4v) is 1.23. The molecular formula is C7H12N2O3. The molecule has 1 aliphatic rings. The van der Waals surface area contributed by atoms with E-state index >= 15 is 0 Å². The first-order valence-electron chi connectivity index (χ1n) is 3.79. The number of hydrogen-bond donors (Lipinski definition) is 2. The Labute approximate surface area is 70.3 Å². The quantitative estimate of drug-likeness (QED) is 0.582. The Hall–Kier alpha value is -1.10. The number of aliphatic hydroxyl groups is 1. The fraction of sp³-hybridized carbons (Fsp3) is 0.714. The highest BCUT2D eigenvalue weighted by molar-refractivity contribution is 5.78. The molecule has 2 N–H and O–H groups in total. The smallest absolute Gasteiger partial charge is 0.329 e. The third-order valence-electron chi connectivity index (χ3n) is 1.78. The molecule has 0 aromatic heterocycles.